The van der Waals surface area contributed by atoms with Crippen LogP contribution in [0.2, 0.25) is 6.32 Å². The van der Waals surface area contributed by atoms with Gasteiger partial charge in [-0.25, -0.2) is 0 Å². The normalized spacial score (nSPS) is 18.1. The van der Waals surface area contributed by atoms with E-state index in [4.69, 9.17) is 0 Å². The average molecular weight is 187 g/mol. The molecule has 1 heterocycles. The second-order valence-corrected chi connectivity index (χ2v) is 4.40. The van der Waals surface area contributed by atoms with Crippen molar-refractivity contribution >= 4 is 12.3 Å². The van der Waals surface area contributed by atoms with Crippen LogP contribution in [0.1, 0.15) is 20.3 Å². The summed E-state index contributed by atoms with van der Waals surface area (Å²) in [6.45, 7) is 6.51. The van der Waals surface area contributed by atoms with Crippen molar-refractivity contribution in [3.8, 4) is 0 Å². The third kappa shape index (κ3) is 1.85. The SMILES string of the molecule is CC(C)N1CCCB1c1ccccc1. The minimum Gasteiger partial charge on any atom is -0.336 e. The molecule has 0 atom stereocenters. The van der Waals surface area contributed by atoms with E-state index >= 15 is 0 Å². The van der Waals surface area contributed by atoms with E-state index in [1.165, 1.54) is 24.7 Å². The molecule has 0 aromatic heterocycles. The summed E-state index contributed by atoms with van der Waals surface area (Å²) in [5, 5.41) is 0. The Kier molecular flexibility index (Phi) is 2.92. The number of benzene rings is 1. The summed E-state index contributed by atoms with van der Waals surface area (Å²) in [7, 11) is 0. The first kappa shape index (κ1) is 9.79. The van der Waals surface area contributed by atoms with E-state index in [1.54, 1.807) is 0 Å². The Bertz CT molecular complexity index is 284. The van der Waals surface area contributed by atoms with Crippen LogP contribution in [0.4, 0.5) is 0 Å². The van der Waals surface area contributed by atoms with Crippen LogP contribution in [0, 0.1) is 0 Å². The Morgan fingerprint density at radius 1 is 1.21 bits per heavy atom. The number of rotatable bonds is 2. The van der Waals surface area contributed by atoms with Gasteiger partial charge in [-0.15, -0.1) is 0 Å². The molecule has 0 bridgehead atoms. The second kappa shape index (κ2) is 4.18. The molecular weight excluding hydrogens is 169 g/mol. The highest BCUT2D eigenvalue weighted by atomic mass is 15.1. The molecule has 0 spiro atoms. The van der Waals surface area contributed by atoms with Gasteiger partial charge in [0.15, 0.2) is 0 Å². The summed E-state index contributed by atoms with van der Waals surface area (Å²) in [5.41, 5.74) is 1.48. The van der Waals surface area contributed by atoms with Crippen molar-refractivity contribution in [2.24, 2.45) is 0 Å². The molecule has 1 aromatic rings. The maximum absolute atomic E-state index is 2.61. The molecule has 2 rings (SSSR count). The van der Waals surface area contributed by atoms with E-state index in [9.17, 15) is 0 Å². The smallest absolute Gasteiger partial charge is 0.257 e. The molecule has 0 N–H and O–H groups in total. The van der Waals surface area contributed by atoms with Gasteiger partial charge in [-0.3, -0.25) is 0 Å². The van der Waals surface area contributed by atoms with E-state index in [0.717, 1.165) is 0 Å². The number of hydrogen-bond donors (Lipinski definition) is 0. The Morgan fingerprint density at radius 2 is 1.93 bits per heavy atom. The number of hydrogen-bond acceptors (Lipinski definition) is 1. The predicted octanol–water partition coefficient (Wildman–Crippen LogP) is 2.00. The minimum absolute atomic E-state index is 0.663. The van der Waals surface area contributed by atoms with Gasteiger partial charge in [0.1, 0.15) is 0 Å². The highest BCUT2D eigenvalue weighted by Gasteiger charge is 2.31. The molecule has 1 saturated heterocycles. The van der Waals surface area contributed by atoms with Gasteiger partial charge in [0, 0.05) is 0 Å². The van der Waals surface area contributed by atoms with Crippen molar-refractivity contribution in [1.82, 2.24) is 4.81 Å². The van der Waals surface area contributed by atoms with Gasteiger partial charge in [0.25, 0.3) is 6.85 Å². The van der Waals surface area contributed by atoms with Crippen molar-refractivity contribution < 1.29 is 0 Å². The first-order chi connectivity index (χ1) is 6.79. The summed E-state index contributed by atoms with van der Waals surface area (Å²) in [6, 6.07) is 11.6. The lowest BCUT2D eigenvalue weighted by Gasteiger charge is -2.26. The van der Waals surface area contributed by atoms with E-state index in [0.29, 0.717) is 12.9 Å². The van der Waals surface area contributed by atoms with Gasteiger partial charge in [-0.1, -0.05) is 56.0 Å². The molecule has 0 unspecified atom stereocenters. The molecule has 0 saturated carbocycles. The summed E-state index contributed by atoms with van der Waals surface area (Å²) < 4.78 is 0. The van der Waals surface area contributed by atoms with Crippen molar-refractivity contribution in [1.29, 1.82) is 0 Å². The van der Waals surface area contributed by atoms with Crippen LogP contribution in [0.15, 0.2) is 30.3 Å². The van der Waals surface area contributed by atoms with Crippen LogP contribution in [-0.2, 0) is 0 Å². The quantitative estimate of drug-likeness (QED) is 0.640. The molecule has 1 fully saturated rings. The highest BCUT2D eigenvalue weighted by molar-refractivity contribution is 6.71. The third-order valence-corrected chi connectivity index (χ3v) is 3.14. The van der Waals surface area contributed by atoms with Gasteiger partial charge in [0.2, 0.25) is 0 Å². The van der Waals surface area contributed by atoms with Crippen molar-refractivity contribution in [2.45, 2.75) is 32.6 Å². The summed E-state index contributed by atoms with van der Waals surface area (Å²) in [5.74, 6) is 0. The lowest BCUT2D eigenvalue weighted by molar-refractivity contribution is 0.392. The predicted molar refractivity (Wildman–Crippen MR) is 63.1 cm³/mol. The van der Waals surface area contributed by atoms with Gasteiger partial charge >= 0.3 is 0 Å². The zero-order chi connectivity index (χ0) is 9.97. The first-order valence-electron chi connectivity index (χ1n) is 5.59. The van der Waals surface area contributed by atoms with Crippen molar-refractivity contribution in [3.05, 3.63) is 30.3 Å². The van der Waals surface area contributed by atoms with Crippen LogP contribution < -0.4 is 5.46 Å². The Morgan fingerprint density at radius 3 is 2.57 bits per heavy atom. The van der Waals surface area contributed by atoms with E-state index in [2.05, 4.69) is 49.0 Å². The summed E-state index contributed by atoms with van der Waals surface area (Å²) in [4.78, 5) is 2.61. The van der Waals surface area contributed by atoms with Crippen LogP contribution in [0.3, 0.4) is 0 Å². The average Bonchev–Trinajstić information content (AvgIpc) is 2.67. The Hall–Kier alpha value is -0.755. The molecule has 1 aliphatic heterocycles. The third-order valence-electron chi connectivity index (χ3n) is 3.14. The minimum atomic E-state index is 0.663. The molecule has 14 heavy (non-hydrogen) atoms. The maximum Gasteiger partial charge on any atom is 0.257 e. The summed E-state index contributed by atoms with van der Waals surface area (Å²) >= 11 is 0. The molecule has 1 nitrogen and oxygen atoms in total. The van der Waals surface area contributed by atoms with Gasteiger partial charge in [-0.2, -0.15) is 0 Å². The topological polar surface area (TPSA) is 3.24 Å². The van der Waals surface area contributed by atoms with Crippen LogP contribution in [0.25, 0.3) is 0 Å². The monoisotopic (exact) mass is 187 g/mol. The van der Waals surface area contributed by atoms with Crippen molar-refractivity contribution in [2.75, 3.05) is 6.54 Å². The molecule has 1 aliphatic rings. The standard InChI is InChI=1S/C12H18BN/c1-11(2)14-10-6-9-13(14)12-7-4-3-5-8-12/h3-5,7-8,11H,6,9-10H2,1-2H3. The van der Waals surface area contributed by atoms with Crippen LogP contribution >= 0.6 is 0 Å². The largest absolute Gasteiger partial charge is 0.336 e. The Balaban J connectivity index is 2.18. The molecule has 1 aromatic carbocycles. The van der Waals surface area contributed by atoms with Crippen LogP contribution in [0.5, 0.6) is 0 Å². The molecule has 0 radical (unpaired) electrons. The van der Waals surface area contributed by atoms with E-state index in [-0.39, 0.29) is 0 Å². The number of nitrogens with zero attached hydrogens (tertiary/aromatic N) is 1. The van der Waals surface area contributed by atoms with Crippen molar-refractivity contribution in [3.63, 3.8) is 0 Å². The highest BCUT2D eigenvalue weighted by Crippen LogP contribution is 2.17. The fourth-order valence-electron chi connectivity index (χ4n) is 2.44. The fourth-order valence-corrected chi connectivity index (χ4v) is 2.44. The summed E-state index contributed by atoms with van der Waals surface area (Å²) in [6.07, 6.45) is 2.67. The zero-order valence-electron chi connectivity index (χ0n) is 9.11. The molecule has 0 aliphatic carbocycles. The van der Waals surface area contributed by atoms with E-state index in [1.807, 2.05) is 0 Å². The maximum atomic E-state index is 2.61. The molecule has 74 valence electrons. The van der Waals surface area contributed by atoms with E-state index < -0.39 is 0 Å². The van der Waals surface area contributed by atoms with Gasteiger partial charge in [-0.05, 0) is 19.0 Å². The zero-order valence-corrected chi connectivity index (χ0v) is 9.11. The Labute approximate surface area is 87.2 Å². The van der Waals surface area contributed by atoms with Gasteiger partial charge < -0.3 is 4.81 Å². The molecular formula is C12H18BN. The lowest BCUT2D eigenvalue weighted by atomic mass is 9.53. The van der Waals surface area contributed by atoms with Crippen LogP contribution in [-0.4, -0.2) is 24.2 Å². The first-order valence-corrected chi connectivity index (χ1v) is 5.59. The molecule has 2 heteroatoms. The van der Waals surface area contributed by atoms with Gasteiger partial charge in [0.05, 0.1) is 0 Å². The fraction of sp³-hybridized carbons (Fsp3) is 0.500. The second-order valence-electron chi connectivity index (χ2n) is 4.40. The lowest BCUT2D eigenvalue weighted by Crippen LogP contribution is -2.46. The molecule has 0 amide bonds.